The number of aromatic nitrogens is 1. The fourth-order valence-electron chi connectivity index (χ4n) is 1.90. The molecule has 1 aromatic heterocycles. The van der Waals surface area contributed by atoms with E-state index in [0.29, 0.717) is 12.4 Å². The molecule has 1 amide bonds. The van der Waals surface area contributed by atoms with Crippen molar-refractivity contribution >= 4 is 5.91 Å². The minimum Gasteiger partial charge on any atom is -0.497 e. The van der Waals surface area contributed by atoms with Gasteiger partial charge in [0.2, 0.25) is 0 Å². The van der Waals surface area contributed by atoms with Gasteiger partial charge in [0.1, 0.15) is 17.5 Å². The summed E-state index contributed by atoms with van der Waals surface area (Å²) in [6.07, 6.45) is 1.67. The highest BCUT2D eigenvalue weighted by molar-refractivity contribution is 5.95. The van der Waals surface area contributed by atoms with E-state index in [1.807, 2.05) is 6.07 Å². The second kappa shape index (κ2) is 6.59. The number of hydrogen-bond donors (Lipinski definition) is 1. The SMILES string of the molecule is CCONC(=O)c1c(C#N)ccn1-c1ccc(OC)cc1. The Morgan fingerprint density at radius 3 is 2.62 bits per heavy atom. The smallest absolute Gasteiger partial charge is 0.293 e. The summed E-state index contributed by atoms with van der Waals surface area (Å²) in [4.78, 5) is 17.0. The van der Waals surface area contributed by atoms with E-state index in [2.05, 4.69) is 5.48 Å². The summed E-state index contributed by atoms with van der Waals surface area (Å²) in [5.41, 5.74) is 3.57. The lowest BCUT2D eigenvalue weighted by Crippen LogP contribution is -2.26. The molecule has 2 rings (SSSR count). The number of carbonyl (C=O) groups excluding carboxylic acids is 1. The summed E-state index contributed by atoms with van der Waals surface area (Å²) < 4.78 is 6.73. The molecule has 0 fully saturated rings. The fourth-order valence-corrected chi connectivity index (χ4v) is 1.90. The monoisotopic (exact) mass is 285 g/mol. The summed E-state index contributed by atoms with van der Waals surface area (Å²) in [6.45, 7) is 2.10. The highest BCUT2D eigenvalue weighted by atomic mass is 16.6. The zero-order valence-corrected chi connectivity index (χ0v) is 11.8. The van der Waals surface area contributed by atoms with Gasteiger partial charge in [-0.3, -0.25) is 9.63 Å². The Labute approximate surface area is 122 Å². The van der Waals surface area contributed by atoms with Crippen molar-refractivity contribution in [3.8, 4) is 17.5 Å². The molecule has 1 heterocycles. The first-order valence-corrected chi connectivity index (χ1v) is 6.39. The zero-order chi connectivity index (χ0) is 15.2. The van der Waals surface area contributed by atoms with Gasteiger partial charge >= 0.3 is 0 Å². The van der Waals surface area contributed by atoms with E-state index in [9.17, 15) is 4.79 Å². The first kappa shape index (κ1) is 14.6. The molecule has 1 N–H and O–H groups in total. The largest absolute Gasteiger partial charge is 0.497 e. The topological polar surface area (TPSA) is 76.3 Å². The normalized spacial score (nSPS) is 9.95. The van der Waals surface area contributed by atoms with Crippen molar-refractivity contribution in [2.24, 2.45) is 0 Å². The molecule has 0 radical (unpaired) electrons. The molecule has 0 aliphatic heterocycles. The van der Waals surface area contributed by atoms with Crippen LogP contribution in [-0.2, 0) is 4.84 Å². The van der Waals surface area contributed by atoms with Crippen molar-refractivity contribution in [3.05, 3.63) is 47.8 Å². The summed E-state index contributed by atoms with van der Waals surface area (Å²) in [5.74, 6) is 0.251. The minimum absolute atomic E-state index is 0.233. The van der Waals surface area contributed by atoms with E-state index < -0.39 is 5.91 Å². The second-order valence-corrected chi connectivity index (χ2v) is 4.12. The lowest BCUT2D eigenvalue weighted by molar-refractivity contribution is 0.0358. The third-order valence-corrected chi connectivity index (χ3v) is 2.88. The molecule has 21 heavy (non-hydrogen) atoms. The van der Waals surface area contributed by atoms with Crippen LogP contribution >= 0.6 is 0 Å². The minimum atomic E-state index is -0.464. The Kier molecular flexibility index (Phi) is 4.59. The average molecular weight is 285 g/mol. The Morgan fingerprint density at radius 2 is 2.05 bits per heavy atom. The first-order chi connectivity index (χ1) is 10.2. The van der Waals surface area contributed by atoms with Gasteiger partial charge < -0.3 is 9.30 Å². The quantitative estimate of drug-likeness (QED) is 0.853. The Bertz CT molecular complexity index is 668. The number of ether oxygens (including phenoxy) is 1. The summed E-state index contributed by atoms with van der Waals surface area (Å²) >= 11 is 0. The number of amides is 1. The summed E-state index contributed by atoms with van der Waals surface area (Å²) in [7, 11) is 1.58. The highest BCUT2D eigenvalue weighted by Crippen LogP contribution is 2.19. The van der Waals surface area contributed by atoms with Gasteiger partial charge in [-0.1, -0.05) is 0 Å². The molecule has 0 aliphatic rings. The summed E-state index contributed by atoms with van der Waals surface area (Å²) in [5, 5.41) is 9.13. The van der Waals surface area contributed by atoms with Gasteiger partial charge in [-0.05, 0) is 37.3 Å². The Morgan fingerprint density at radius 1 is 1.33 bits per heavy atom. The van der Waals surface area contributed by atoms with Gasteiger partial charge in [-0.2, -0.15) is 5.26 Å². The molecule has 0 saturated carbocycles. The number of benzene rings is 1. The molecule has 6 nitrogen and oxygen atoms in total. The first-order valence-electron chi connectivity index (χ1n) is 6.39. The fraction of sp³-hybridized carbons (Fsp3) is 0.200. The summed E-state index contributed by atoms with van der Waals surface area (Å²) in [6, 6.07) is 10.8. The van der Waals surface area contributed by atoms with Crippen LogP contribution in [0.5, 0.6) is 5.75 Å². The maximum Gasteiger partial charge on any atom is 0.293 e. The lowest BCUT2D eigenvalue weighted by Gasteiger charge is -2.10. The van der Waals surface area contributed by atoms with Gasteiger partial charge in [-0.15, -0.1) is 0 Å². The van der Waals surface area contributed by atoms with Crippen molar-refractivity contribution in [2.75, 3.05) is 13.7 Å². The van der Waals surface area contributed by atoms with E-state index in [-0.39, 0.29) is 11.3 Å². The third-order valence-electron chi connectivity index (χ3n) is 2.88. The number of carbonyl (C=O) groups is 1. The Balaban J connectivity index is 2.41. The molecule has 0 spiro atoms. The van der Waals surface area contributed by atoms with Crippen molar-refractivity contribution in [3.63, 3.8) is 0 Å². The number of nitriles is 1. The van der Waals surface area contributed by atoms with Crippen LogP contribution in [-0.4, -0.2) is 24.2 Å². The number of hydroxylamine groups is 1. The highest BCUT2D eigenvalue weighted by Gasteiger charge is 2.18. The predicted molar refractivity (Wildman–Crippen MR) is 76.1 cm³/mol. The maximum absolute atomic E-state index is 12.1. The maximum atomic E-state index is 12.1. The van der Waals surface area contributed by atoms with Gasteiger partial charge in [-0.25, -0.2) is 5.48 Å². The molecule has 0 atom stereocenters. The van der Waals surface area contributed by atoms with E-state index in [1.54, 1.807) is 55.1 Å². The van der Waals surface area contributed by atoms with Crippen LogP contribution in [0.3, 0.4) is 0 Å². The van der Waals surface area contributed by atoms with Crippen LogP contribution < -0.4 is 10.2 Å². The number of methoxy groups -OCH3 is 1. The average Bonchev–Trinajstić information content (AvgIpc) is 2.96. The Hall–Kier alpha value is -2.78. The third kappa shape index (κ3) is 3.04. The standard InChI is InChI=1S/C15H15N3O3/c1-3-21-17-15(19)14-11(10-16)8-9-18(14)12-4-6-13(20-2)7-5-12/h4-9H,3H2,1-2H3,(H,17,19). The number of hydrogen-bond acceptors (Lipinski definition) is 4. The molecule has 0 bridgehead atoms. The van der Waals surface area contributed by atoms with E-state index >= 15 is 0 Å². The van der Waals surface area contributed by atoms with Gasteiger partial charge in [0, 0.05) is 11.9 Å². The molecular weight excluding hydrogens is 270 g/mol. The number of rotatable bonds is 5. The second-order valence-electron chi connectivity index (χ2n) is 4.12. The molecule has 108 valence electrons. The van der Waals surface area contributed by atoms with Crippen molar-refractivity contribution in [1.29, 1.82) is 5.26 Å². The molecule has 0 saturated heterocycles. The van der Waals surface area contributed by atoms with Crippen molar-refractivity contribution in [2.45, 2.75) is 6.92 Å². The van der Waals surface area contributed by atoms with E-state index in [4.69, 9.17) is 14.8 Å². The molecular formula is C15H15N3O3. The molecule has 1 aromatic carbocycles. The van der Waals surface area contributed by atoms with Crippen molar-refractivity contribution in [1.82, 2.24) is 10.0 Å². The predicted octanol–water partition coefficient (Wildman–Crippen LogP) is 2.04. The van der Waals surface area contributed by atoms with Crippen LogP contribution in [0, 0.1) is 11.3 Å². The van der Waals surface area contributed by atoms with E-state index in [0.717, 1.165) is 5.69 Å². The van der Waals surface area contributed by atoms with Gasteiger partial charge in [0.15, 0.2) is 0 Å². The van der Waals surface area contributed by atoms with Crippen LogP contribution in [0.15, 0.2) is 36.5 Å². The van der Waals surface area contributed by atoms with Gasteiger partial charge in [0.05, 0.1) is 19.3 Å². The van der Waals surface area contributed by atoms with Gasteiger partial charge in [0.25, 0.3) is 5.91 Å². The van der Waals surface area contributed by atoms with Crippen molar-refractivity contribution < 1.29 is 14.4 Å². The number of nitrogens with one attached hydrogen (secondary N) is 1. The van der Waals surface area contributed by atoms with E-state index in [1.165, 1.54) is 0 Å². The van der Waals surface area contributed by atoms with Crippen LogP contribution in [0.1, 0.15) is 23.0 Å². The molecule has 6 heteroatoms. The van der Waals surface area contributed by atoms with Crippen LogP contribution in [0.4, 0.5) is 0 Å². The zero-order valence-electron chi connectivity index (χ0n) is 11.8. The lowest BCUT2D eigenvalue weighted by atomic mass is 10.2. The van der Waals surface area contributed by atoms with Crippen LogP contribution in [0.25, 0.3) is 5.69 Å². The van der Waals surface area contributed by atoms with Crippen LogP contribution in [0.2, 0.25) is 0 Å². The number of nitrogens with zero attached hydrogens (tertiary/aromatic N) is 2. The molecule has 0 unspecified atom stereocenters. The molecule has 0 aliphatic carbocycles. The molecule has 2 aromatic rings.